The molecule has 0 spiro atoms. The molecule has 0 aromatic carbocycles. The van der Waals surface area contributed by atoms with Crippen LogP contribution >= 0.6 is 0 Å². The molecule has 1 unspecified atom stereocenters. The summed E-state index contributed by atoms with van der Waals surface area (Å²) in [5.74, 6) is -2.48. The van der Waals surface area contributed by atoms with Crippen molar-refractivity contribution in [3.8, 4) is 0 Å². The summed E-state index contributed by atoms with van der Waals surface area (Å²) < 4.78 is 21.3. The fourth-order valence-corrected chi connectivity index (χ4v) is 5.57. The second kappa shape index (κ2) is 39.9. The van der Waals surface area contributed by atoms with E-state index in [1.54, 1.807) is 0 Å². The molecule has 0 aromatic rings. The Morgan fingerprint density at radius 3 is 1.25 bits per heavy atom. The zero-order valence-corrected chi connectivity index (χ0v) is 37.9. The highest BCUT2D eigenvalue weighted by molar-refractivity contribution is 5.83. The molecule has 64 heavy (non-hydrogen) atoms. The summed E-state index contributed by atoms with van der Waals surface area (Å²) in [6, 6.07) is -1.87. The van der Waals surface area contributed by atoms with Crippen LogP contribution in [-0.4, -0.2) is 170 Å². The Bertz CT molecular complexity index is 1390. The predicted octanol–water partition coefficient (Wildman–Crippen LogP) is -3.29. The summed E-state index contributed by atoms with van der Waals surface area (Å²) in [5, 5.41) is 19.3. The monoisotopic (exact) mass is 917 g/mol. The number of Topliss-reactive ketones (excluding diaryl/α,β-unsaturated/α-hetero) is 2. The van der Waals surface area contributed by atoms with Crippen LogP contribution in [0.5, 0.6) is 0 Å². The number of nitrogens with one attached hydrogen (secondary N) is 7. The van der Waals surface area contributed by atoms with Crippen molar-refractivity contribution < 1.29 is 62.1 Å². The average molecular weight is 917 g/mol. The number of primary amides is 2. The first-order valence-electron chi connectivity index (χ1n) is 22.1. The Morgan fingerprint density at radius 2 is 0.812 bits per heavy atom. The van der Waals surface area contributed by atoms with E-state index in [2.05, 4.69) is 37.2 Å². The van der Waals surface area contributed by atoms with Gasteiger partial charge in [-0.2, -0.15) is 0 Å². The molecule has 3 atom stereocenters. The van der Waals surface area contributed by atoms with Crippen molar-refractivity contribution in [1.29, 1.82) is 0 Å². The lowest BCUT2D eigenvalue weighted by Gasteiger charge is -2.15. The van der Waals surface area contributed by atoms with Crippen LogP contribution in [0, 0.1) is 0 Å². The van der Waals surface area contributed by atoms with E-state index >= 15 is 0 Å². The van der Waals surface area contributed by atoms with Gasteiger partial charge >= 0.3 is 0 Å². The zero-order valence-electron chi connectivity index (χ0n) is 37.9. The molecule has 23 heteroatoms. The SMILES string of the molecule is CC(=O)CNC(CCCCNC(=O)COCCOCCNC(=O)COCCOCCNC(=O)CCCC(=O)NCCCC[C@H](N)C(=O)NCCCC[C@H](NCC(C)=O)C(N)=O)C(N)=O. The van der Waals surface area contributed by atoms with Crippen LogP contribution in [0.25, 0.3) is 0 Å². The van der Waals surface area contributed by atoms with Gasteiger partial charge in [0.2, 0.25) is 41.4 Å². The Labute approximate surface area is 376 Å². The Balaban J connectivity index is 3.63. The van der Waals surface area contributed by atoms with Crippen LogP contribution in [-0.2, 0) is 62.1 Å². The first kappa shape index (κ1) is 59.4. The molecular formula is C41H76N10O13. The fraction of sp³-hybridized carbons (Fsp3) is 0.780. The van der Waals surface area contributed by atoms with E-state index in [1.807, 2.05) is 0 Å². The number of rotatable bonds is 44. The molecule has 368 valence electrons. The minimum atomic E-state index is -0.678. The highest BCUT2D eigenvalue weighted by Gasteiger charge is 2.17. The topological polar surface area (TPSA) is 353 Å². The normalized spacial score (nSPS) is 12.4. The lowest BCUT2D eigenvalue weighted by atomic mass is 10.1. The maximum atomic E-state index is 12.2. The fourth-order valence-electron chi connectivity index (χ4n) is 5.57. The van der Waals surface area contributed by atoms with Crippen molar-refractivity contribution >= 4 is 52.9 Å². The van der Waals surface area contributed by atoms with Crippen LogP contribution in [0.1, 0.15) is 90.9 Å². The molecule has 23 nitrogen and oxygen atoms in total. The summed E-state index contributed by atoms with van der Waals surface area (Å²) in [6.45, 7) is 5.82. The Morgan fingerprint density at radius 1 is 0.438 bits per heavy atom. The largest absolute Gasteiger partial charge is 0.377 e. The van der Waals surface area contributed by atoms with E-state index in [0.29, 0.717) is 83.8 Å². The first-order valence-corrected chi connectivity index (χ1v) is 22.1. The van der Waals surface area contributed by atoms with E-state index in [0.717, 1.165) is 0 Å². The number of unbranched alkanes of at least 4 members (excludes halogenated alkanes) is 3. The molecule has 0 aliphatic heterocycles. The number of nitrogens with two attached hydrogens (primary N) is 3. The highest BCUT2D eigenvalue weighted by atomic mass is 16.5. The molecular weight excluding hydrogens is 841 g/mol. The second-order valence-electron chi connectivity index (χ2n) is 15.0. The van der Waals surface area contributed by atoms with Gasteiger partial charge < -0.3 is 62.7 Å². The number of carbonyl (C=O) groups is 9. The summed E-state index contributed by atoms with van der Waals surface area (Å²) in [5.41, 5.74) is 16.7. The quantitative estimate of drug-likeness (QED) is 0.0268. The van der Waals surface area contributed by atoms with Gasteiger partial charge in [0.1, 0.15) is 24.8 Å². The summed E-state index contributed by atoms with van der Waals surface area (Å²) in [7, 11) is 0. The summed E-state index contributed by atoms with van der Waals surface area (Å²) in [6.07, 6.45) is 5.95. The van der Waals surface area contributed by atoms with E-state index in [9.17, 15) is 43.2 Å². The van der Waals surface area contributed by atoms with Crippen LogP contribution in [0.2, 0.25) is 0 Å². The third-order valence-corrected chi connectivity index (χ3v) is 9.10. The highest BCUT2D eigenvalue weighted by Crippen LogP contribution is 2.03. The van der Waals surface area contributed by atoms with E-state index in [4.69, 9.17) is 36.1 Å². The zero-order chi connectivity index (χ0) is 47.8. The molecule has 0 heterocycles. The Hall–Kier alpha value is -4.65. The molecule has 0 aliphatic carbocycles. The maximum absolute atomic E-state index is 12.2. The number of hydrogen-bond acceptors (Lipinski definition) is 16. The van der Waals surface area contributed by atoms with Crippen molar-refractivity contribution in [3.63, 3.8) is 0 Å². The number of carbonyl (C=O) groups excluding carboxylic acids is 9. The average Bonchev–Trinajstić information content (AvgIpc) is 3.23. The molecule has 0 saturated carbocycles. The van der Waals surface area contributed by atoms with Gasteiger partial charge in [0.25, 0.3) is 0 Å². The van der Waals surface area contributed by atoms with Crippen molar-refractivity contribution in [1.82, 2.24) is 37.2 Å². The molecule has 0 saturated heterocycles. The maximum Gasteiger partial charge on any atom is 0.246 e. The molecule has 0 aliphatic rings. The van der Waals surface area contributed by atoms with Crippen molar-refractivity contribution in [2.75, 3.05) is 98.7 Å². The van der Waals surface area contributed by atoms with Gasteiger partial charge in [-0.3, -0.25) is 53.8 Å². The Kier molecular flexibility index (Phi) is 37.0. The molecule has 0 rings (SSSR count). The van der Waals surface area contributed by atoms with Crippen molar-refractivity contribution in [2.24, 2.45) is 17.2 Å². The van der Waals surface area contributed by atoms with Gasteiger partial charge in [-0.25, -0.2) is 0 Å². The minimum Gasteiger partial charge on any atom is -0.377 e. The lowest BCUT2D eigenvalue weighted by molar-refractivity contribution is -0.127. The number of ether oxygens (including phenoxy) is 4. The minimum absolute atomic E-state index is 0.0705. The van der Waals surface area contributed by atoms with Gasteiger partial charge in [0.05, 0.1) is 70.9 Å². The first-order chi connectivity index (χ1) is 30.6. The van der Waals surface area contributed by atoms with Gasteiger partial charge in [0, 0.05) is 45.6 Å². The molecule has 0 aromatic heterocycles. The van der Waals surface area contributed by atoms with Gasteiger partial charge in [0.15, 0.2) is 0 Å². The summed E-state index contributed by atoms with van der Waals surface area (Å²) >= 11 is 0. The van der Waals surface area contributed by atoms with Crippen LogP contribution in [0.3, 0.4) is 0 Å². The third kappa shape index (κ3) is 37.9. The third-order valence-electron chi connectivity index (χ3n) is 9.10. The van der Waals surface area contributed by atoms with Gasteiger partial charge in [-0.15, -0.1) is 0 Å². The van der Waals surface area contributed by atoms with Crippen LogP contribution < -0.4 is 54.4 Å². The second-order valence-corrected chi connectivity index (χ2v) is 15.0. The predicted molar refractivity (Wildman–Crippen MR) is 235 cm³/mol. The van der Waals surface area contributed by atoms with E-state index < -0.39 is 29.9 Å². The molecule has 13 N–H and O–H groups in total. The van der Waals surface area contributed by atoms with Gasteiger partial charge in [-0.1, -0.05) is 0 Å². The number of hydrogen-bond donors (Lipinski definition) is 10. The number of amides is 7. The molecule has 0 radical (unpaired) electrons. The van der Waals surface area contributed by atoms with E-state index in [-0.39, 0.29) is 133 Å². The van der Waals surface area contributed by atoms with Crippen molar-refractivity contribution in [3.05, 3.63) is 0 Å². The number of ketones is 2. The standard InChI is InChI=1S/C41H76N10O13/c1-30(52)26-50-33(39(43)58)11-4-7-16-46-37(56)28-63-24-23-62-21-19-48-38(57)29-64-25-22-61-20-18-47-36(55)14-9-13-35(54)45-15-6-3-10-32(42)41(60)49-17-8-5-12-34(40(44)59)51-27-31(2)53/h32-34,50-51H,3-29,42H2,1-2H3,(H2,43,58)(H2,44,59)(H,45,54)(H,46,56)(H,47,55)(H,48,57)(H,49,60)/t32-,33?,34-/m0/s1. The van der Waals surface area contributed by atoms with E-state index in [1.165, 1.54) is 13.8 Å². The van der Waals surface area contributed by atoms with Crippen LogP contribution in [0.15, 0.2) is 0 Å². The smallest absolute Gasteiger partial charge is 0.246 e. The summed E-state index contributed by atoms with van der Waals surface area (Å²) in [4.78, 5) is 105. The molecule has 0 bridgehead atoms. The lowest BCUT2D eigenvalue weighted by Crippen LogP contribution is -2.43. The molecule has 7 amide bonds. The van der Waals surface area contributed by atoms with Gasteiger partial charge in [-0.05, 0) is 78.1 Å². The molecule has 0 fully saturated rings. The van der Waals surface area contributed by atoms with Crippen molar-refractivity contribution in [2.45, 2.75) is 109 Å². The van der Waals surface area contributed by atoms with Crippen LogP contribution in [0.4, 0.5) is 0 Å².